The Labute approximate surface area is 136 Å². The van der Waals surface area contributed by atoms with Crippen molar-refractivity contribution in [2.24, 2.45) is 5.73 Å². The minimum atomic E-state index is -2.08. The molecule has 4 heteroatoms. The summed E-state index contributed by atoms with van der Waals surface area (Å²) in [5.41, 5.74) is 5.52. The van der Waals surface area contributed by atoms with E-state index in [1.165, 1.54) is 0 Å². The van der Waals surface area contributed by atoms with Crippen LogP contribution in [-0.4, -0.2) is 22.2 Å². The fourth-order valence-electron chi connectivity index (χ4n) is 2.88. The molecule has 4 N–H and O–H groups in total. The van der Waals surface area contributed by atoms with Gasteiger partial charge in [0.25, 0.3) is 0 Å². The highest BCUT2D eigenvalue weighted by molar-refractivity contribution is 5.84. The molecule has 0 aromatic heterocycles. The predicted molar refractivity (Wildman–Crippen MR) is 90.1 cm³/mol. The maximum absolute atomic E-state index is 11.9. The van der Waals surface area contributed by atoms with Crippen molar-refractivity contribution in [3.8, 4) is 0 Å². The van der Waals surface area contributed by atoms with Crippen LogP contribution in [0.25, 0.3) is 0 Å². The van der Waals surface area contributed by atoms with Crippen LogP contribution in [0.5, 0.6) is 0 Å². The van der Waals surface area contributed by atoms with Crippen molar-refractivity contribution in [3.05, 3.63) is 71.3 Å². The molecule has 2 unspecified atom stereocenters. The molecule has 23 heavy (non-hydrogen) atoms. The molecule has 122 valence electrons. The van der Waals surface area contributed by atoms with Crippen molar-refractivity contribution in [1.29, 1.82) is 0 Å². The van der Waals surface area contributed by atoms with Crippen LogP contribution in [0.4, 0.5) is 0 Å². The van der Waals surface area contributed by atoms with E-state index in [9.17, 15) is 15.0 Å². The van der Waals surface area contributed by atoms with Gasteiger partial charge >= 0.3 is 5.97 Å². The average Bonchev–Trinajstić information content (AvgIpc) is 2.55. The van der Waals surface area contributed by atoms with Crippen molar-refractivity contribution in [2.75, 3.05) is 0 Å². The number of aliphatic carboxylic acids is 1. The Morgan fingerprint density at radius 3 is 2.35 bits per heavy atom. The molecule has 0 saturated heterocycles. The Kier molecular flexibility index (Phi) is 5.53. The Balaban J connectivity index is 2.51. The lowest BCUT2D eigenvalue weighted by atomic mass is 9.82. The number of nitrogens with two attached hydrogens (primary N) is 1. The lowest BCUT2D eigenvalue weighted by Gasteiger charge is -2.27. The molecule has 0 aliphatic heterocycles. The van der Waals surface area contributed by atoms with E-state index in [0.717, 1.165) is 18.4 Å². The second kappa shape index (κ2) is 7.40. The first-order valence-electron chi connectivity index (χ1n) is 7.85. The number of carbonyl (C=O) groups is 1. The van der Waals surface area contributed by atoms with E-state index in [-0.39, 0.29) is 6.04 Å². The highest BCUT2D eigenvalue weighted by Crippen LogP contribution is 2.33. The van der Waals surface area contributed by atoms with E-state index in [4.69, 9.17) is 5.73 Å². The number of carboxylic acid groups (broad SMARTS) is 1. The third-order valence-electron chi connectivity index (χ3n) is 4.05. The maximum atomic E-state index is 11.9. The summed E-state index contributed by atoms with van der Waals surface area (Å²) in [6.45, 7) is 2.06. The molecule has 2 aromatic rings. The van der Waals surface area contributed by atoms with E-state index in [1.807, 2.05) is 12.1 Å². The van der Waals surface area contributed by atoms with Crippen LogP contribution < -0.4 is 5.73 Å². The lowest BCUT2D eigenvalue weighted by molar-refractivity contribution is -0.155. The maximum Gasteiger partial charge on any atom is 0.345 e. The van der Waals surface area contributed by atoms with Gasteiger partial charge in [-0.2, -0.15) is 0 Å². The molecule has 0 radical (unpaired) electrons. The molecule has 0 spiro atoms. The zero-order chi connectivity index (χ0) is 16.9. The summed E-state index contributed by atoms with van der Waals surface area (Å²) in [4.78, 5) is 11.9. The Morgan fingerprint density at radius 2 is 1.74 bits per heavy atom. The highest BCUT2D eigenvalue weighted by Gasteiger charge is 2.41. The molecule has 2 rings (SSSR count). The molecular weight excluding hydrogens is 290 g/mol. The first kappa shape index (κ1) is 17.2. The molecular formula is C19H23NO3. The SMILES string of the molecule is CCCC(N)Cc1ccccc1C(O)(C(=O)O)c1ccccc1. The molecule has 2 aromatic carbocycles. The summed E-state index contributed by atoms with van der Waals surface area (Å²) >= 11 is 0. The smallest absolute Gasteiger partial charge is 0.345 e. The van der Waals surface area contributed by atoms with Crippen LogP contribution in [0, 0.1) is 0 Å². The standard InChI is InChI=1S/C19H23NO3/c1-2-8-16(20)13-14-9-6-7-12-17(14)19(23,18(21)22)15-10-4-3-5-11-15/h3-7,9-12,16,23H,2,8,13,20H2,1H3,(H,21,22). The number of aliphatic hydroxyl groups is 1. The molecule has 0 heterocycles. The largest absolute Gasteiger partial charge is 0.479 e. The van der Waals surface area contributed by atoms with Gasteiger partial charge in [0.1, 0.15) is 0 Å². The molecule has 2 atom stereocenters. The topological polar surface area (TPSA) is 83.5 Å². The summed E-state index contributed by atoms with van der Waals surface area (Å²) in [5.74, 6) is -1.29. The van der Waals surface area contributed by atoms with Crippen LogP contribution >= 0.6 is 0 Å². The van der Waals surface area contributed by atoms with Crippen molar-refractivity contribution < 1.29 is 15.0 Å². The van der Waals surface area contributed by atoms with E-state index >= 15 is 0 Å². The number of benzene rings is 2. The Bertz CT molecular complexity index is 657. The van der Waals surface area contributed by atoms with Gasteiger partial charge in [0.05, 0.1) is 0 Å². The minimum Gasteiger partial charge on any atom is -0.479 e. The molecule has 0 aliphatic rings. The van der Waals surface area contributed by atoms with Crippen LogP contribution in [0.3, 0.4) is 0 Å². The number of carboxylic acids is 1. The van der Waals surface area contributed by atoms with Crippen molar-refractivity contribution in [3.63, 3.8) is 0 Å². The van der Waals surface area contributed by atoms with E-state index in [2.05, 4.69) is 6.92 Å². The van der Waals surface area contributed by atoms with E-state index < -0.39 is 11.6 Å². The normalized spacial score (nSPS) is 14.9. The van der Waals surface area contributed by atoms with Crippen LogP contribution in [-0.2, 0) is 16.8 Å². The second-order valence-electron chi connectivity index (χ2n) is 5.79. The molecule has 0 aliphatic carbocycles. The predicted octanol–water partition coefficient (Wildman–Crippen LogP) is 2.68. The molecule has 4 nitrogen and oxygen atoms in total. The van der Waals surface area contributed by atoms with Crippen molar-refractivity contribution >= 4 is 5.97 Å². The second-order valence-corrected chi connectivity index (χ2v) is 5.79. The van der Waals surface area contributed by atoms with Gasteiger partial charge in [-0.05, 0) is 24.0 Å². The molecule has 0 saturated carbocycles. The van der Waals surface area contributed by atoms with E-state index in [1.54, 1.807) is 42.5 Å². The third-order valence-corrected chi connectivity index (χ3v) is 4.05. The van der Waals surface area contributed by atoms with Gasteiger partial charge in [0.2, 0.25) is 5.60 Å². The average molecular weight is 313 g/mol. The quantitative estimate of drug-likeness (QED) is 0.734. The highest BCUT2D eigenvalue weighted by atomic mass is 16.4. The van der Waals surface area contributed by atoms with Gasteiger partial charge < -0.3 is 15.9 Å². The zero-order valence-electron chi connectivity index (χ0n) is 13.3. The van der Waals surface area contributed by atoms with Gasteiger partial charge in [-0.25, -0.2) is 4.79 Å². The summed E-state index contributed by atoms with van der Waals surface area (Å²) in [5, 5.41) is 20.7. The van der Waals surface area contributed by atoms with Crippen molar-refractivity contribution in [2.45, 2.75) is 37.8 Å². The van der Waals surface area contributed by atoms with Crippen LogP contribution in [0.1, 0.15) is 36.5 Å². The van der Waals surface area contributed by atoms with Gasteiger partial charge in [0, 0.05) is 11.6 Å². The third kappa shape index (κ3) is 3.60. The molecule has 0 amide bonds. The monoisotopic (exact) mass is 313 g/mol. The van der Waals surface area contributed by atoms with Crippen LogP contribution in [0.15, 0.2) is 54.6 Å². The van der Waals surface area contributed by atoms with Gasteiger partial charge in [0.15, 0.2) is 0 Å². The van der Waals surface area contributed by atoms with Crippen LogP contribution in [0.2, 0.25) is 0 Å². The fourth-order valence-corrected chi connectivity index (χ4v) is 2.88. The Morgan fingerprint density at radius 1 is 1.13 bits per heavy atom. The number of rotatable bonds is 7. The minimum absolute atomic E-state index is 0.0602. The summed E-state index contributed by atoms with van der Waals surface area (Å²) in [6, 6.07) is 15.5. The van der Waals surface area contributed by atoms with E-state index in [0.29, 0.717) is 17.5 Å². The van der Waals surface area contributed by atoms with Gasteiger partial charge in [-0.15, -0.1) is 0 Å². The van der Waals surface area contributed by atoms with Gasteiger partial charge in [-0.3, -0.25) is 0 Å². The molecule has 0 fully saturated rings. The molecule has 0 bridgehead atoms. The summed E-state index contributed by atoms with van der Waals surface area (Å²) in [6.07, 6.45) is 2.35. The van der Waals surface area contributed by atoms with Crippen molar-refractivity contribution in [1.82, 2.24) is 0 Å². The summed E-state index contributed by atoms with van der Waals surface area (Å²) < 4.78 is 0. The van der Waals surface area contributed by atoms with Gasteiger partial charge in [-0.1, -0.05) is 67.9 Å². The summed E-state index contributed by atoms with van der Waals surface area (Å²) in [7, 11) is 0. The first-order chi connectivity index (χ1) is 11.0. The fraction of sp³-hybridized carbons (Fsp3) is 0.316. The first-order valence-corrected chi connectivity index (χ1v) is 7.85. The lowest BCUT2D eigenvalue weighted by Crippen LogP contribution is -2.38. The number of hydrogen-bond donors (Lipinski definition) is 3. The number of hydrogen-bond acceptors (Lipinski definition) is 3. The Hall–Kier alpha value is -2.17. The zero-order valence-corrected chi connectivity index (χ0v) is 13.3.